The Morgan fingerprint density at radius 2 is 1.80 bits per heavy atom. The van der Waals surface area contributed by atoms with Crippen LogP contribution in [0.15, 0.2) is 11.1 Å². The first-order chi connectivity index (χ1) is 4.63. The van der Waals surface area contributed by atoms with Crippen molar-refractivity contribution in [2.45, 2.75) is 33.6 Å². The van der Waals surface area contributed by atoms with Gasteiger partial charge in [-0.1, -0.05) is 19.4 Å². The van der Waals surface area contributed by atoms with Crippen molar-refractivity contribution < 1.29 is 9.90 Å². The molecule has 0 aliphatic heterocycles. The van der Waals surface area contributed by atoms with Crippen LogP contribution in [0.1, 0.15) is 33.6 Å². The van der Waals surface area contributed by atoms with Crippen molar-refractivity contribution in [1.29, 1.82) is 0 Å². The van der Waals surface area contributed by atoms with E-state index in [-0.39, 0.29) is 0 Å². The predicted octanol–water partition coefficient (Wildman–Crippen LogP) is 2.21. The van der Waals surface area contributed by atoms with Crippen LogP contribution < -0.4 is 0 Å². The number of carboxylic acids is 1. The van der Waals surface area contributed by atoms with Gasteiger partial charge < -0.3 is 5.11 Å². The second-order valence-corrected chi connectivity index (χ2v) is 2.27. The lowest BCUT2D eigenvalue weighted by atomic mass is 10.1. The van der Waals surface area contributed by atoms with E-state index in [2.05, 4.69) is 0 Å². The first kappa shape index (κ1) is 9.21. The van der Waals surface area contributed by atoms with Gasteiger partial charge >= 0.3 is 5.97 Å². The molecule has 0 spiro atoms. The summed E-state index contributed by atoms with van der Waals surface area (Å²) in [5, 5.41) is 8.62. The number of carboxylic acid groups (broad SMARTS) is 1. The molecule has 0 amide bonds. The van der Waals surface area contributed by atoms with Gasteiger partial charge in [0.1, 0.15) is 0 Å². The molecule has 0 radical (unpaired) electrons. The van der Waals surface area contributed by atoms with Gasteiger partial charge in [0.25, 0.3) is 0 Å². The summed E-state index contributed by atoms with van der Waals surface area (Å²) in [7, 11) is 0. The zero-order chi connectivity index (χ0) is 8.15. The second-order valence-electron chi connectivity index (χ2n) is 2.27. The van der Waals surface area contributed by atoms with E-state index >= 15 is 0 Å². The van der Waals surface area contributed by atoms with Crippen LogP contribution in [0.5, 0.6) is 0 Å². The van der Waals surface area contributed by atoms with Crippen LogP contribution in [0.25, 0.3) is 0 Å². The lowest BCUT2D eigenvalue weighted by Crippen LogP contribution is -2.01. The largest absolute Gasteiger partial charge is 0.478 e. The molecule has 0 saturated carbocycles. The Balaban J connectivity index is 4.45. The predicted molar refractivity (Wildman–Crippen MR) is 40.9 cm³/mol. The SMILES string of the molecule is CC/C(C)=C(/CC)C(=O)O. The third-order valence-corrected chi connectivity index (χ3v) is 1.66. The Morgan fingerprint density at radius 3 is 1.90 bits per heavy atom. The zero-order valence-electron chi connectivity index (χ0n) is 6.77. The van der Waals surface area contributed by atoms with Gasteiger partial charge in [0.05, 0.1) is 0 Å². The van der Waals surface area contributed by atoms with Gasteiger partial charge in [-0.25, -0.2) is 4.79 Å². The van der Waals surface area contributed by atoms with Gasteiger partial charge in [-0.15, -0.1) is 0 Å². The fourth-order valence-electron chi connectivity index (χ4n) is 0.849. The Labute approximate surface area is 61.6 Å². The van der Waals surface area contributed by atoms with E-state index in [9.17, 15) is 4.79 Å². The van der Waals surface area contributed by atoms with Crippen LogP contribution in [-0.4, -0.2) is 11.1 Å². The molecule has 0 atom stereocenters. The third-order valence-electron chi connectivity index (χ3n) is 1.66. The third kappa shape index (κ3) is 2.21. The Kier molecular flexibility index (Phi) is 3.77. The van der Waals surface area contributed by atoms with Gasteiger partial charge in [0.15, 0.2) is 0 Å². The molecular weight excluding hydrogens is 128 g/mol. The highest BCUT2D eigenvalue weighted by Crippen LogP contribution is 2.10. The number of hydrogen-bond donors (Lipinski definition) is 1. The van der Waals surface area contributed by atoms with Gasteiger partial charge in [0, 0.05) is 5.57 Å². The average molecular weight is 142 g/mol. The molecule has 0 fully saturated rings. The summed E-state index contributed by atoms with van der Waals surface area (Å²) in [6.45, 7) is 5.70. The van der Waals surface area contributed by atoms with Crippen LogP contribution >= 0.6 is 0 Å². The molecule has 0 aromatic heterocycles. The number of rotatable bonds is 3. The highest BCUT2D eigenvalue weighted by Gasteiger charge is 2.06. The van der Waals surface area contributed by atoms with Gasteiger partial charge in [-0.3, -0.25) is 0 Å². The monoisotopic (exact) mass is 142 g/mol. The molecule has 58 valence electrons. The van der Waals surface area contributed by atoms with Gasteiger partial charge in [0.2, 0.25) is 0 Å². The quantitative estimate of drug-likeness (QED) is 0.613. The average Bonchev–Trinajstić information content (AvgIpc) is 1.88. The summed E-state index contributed by atoms with van der Waals surface area (Å²) in [5.74, 6) is -0.776. The van der Waals surface area contributed by atoms with Crippen LogP contribution in [0.3, 0.4) is 0 Å². The Bertz CT molecular complexity index is 157. The normalized spacial score (nSPS) is 12.7. The van der Waals surface area contributed by atoms with E-state index in [4.69, 9.17) is 5.11 Å². The van der Waals surface area contributed by atoms with E-state index in [0.29, 0.717) is 12.0 Å². The second kappa shape index (κ2) is 4.09. The van der Waals surface area contributed by atoms with Crippen molar-refractivity contribution in [3.63, 3.8) is 0 Å². The molecule has 2 heteroatoms. The van der Waals surface area contributed by atoms with Crippen LogP contribution in [0.4, 0.5) is 0 Å². The molecule has 0 aromatic rings. The number of allylic oxidation sites excluding steroid dienone is 1. The van der Waals surface area contributed by atoms with Crippen LogP contribution in [0, 0.1) is 0 Å². The van der Waals surface area contributed by atoms with E-state index in [1.807, 2.05) is 20.8 Å². The molecule has 10 heavy (non-hydrogen) atoms. The van der Waals surface area contributed by atoms with Crippen molar-refractivity contribution in [2.24, 2.45) is 0 Å². The summed E-state index contributed by atoms with van der Waals surface area (Å²) in [5.41, 5.74) is 1.54. The molecule has 0 saturated heterocycles. The smallest absolute Gasteiger partial charge is 0.331 e. The fraction of sp³-hybridized carbons (Fsp3) is 0.625. The first-order valence-electron chi connectivity index (χ1n) is 3.55. The van der Waals surface area contributed by atoms with Crippen LogP contribution in [0.2, 0.25) is 0 Å². The molecule has 0 rings (SSSR count). The maximum atomic E-state index is 10.5. The molecular formula is C8H14O2. The van der Waals surface area contributed by atoms with E-state index in [0.717, 1.165) is 12.0 Å². The maximum absolute atomic E-state index is 10.5. The summed E-state index contributed by atoms with van der Waals surface area (Å²) in [6, 6.07) is 0. The van der Waals surface area contributed by atoms with E-state index in [1.165, 1.54) is 0 Å². The fourth-order valence-corrected chi connectivity index (χ4v) is 0.849. The lowest BCUT2D eigenvalue weighted by molar-refractivity contribution is -0.132. The van der Waals surface area contributed by atoms with Crippen molar-refractivity contribution in [1.82, 2.24) is 0 Å². The summed E-state index contributed by atoms with van der Waals surface area (Å²) >= 11 is 0. The van der Waals surface area contributed by atoms with Gasteiger partial charge in [-0.2, -0.15) is 0 Å². The van der Waals surface area contributed by atoms with E-state index < -0.39 is 5.97 Å². The van der Waals surface area contributed by atoms with Crippen molar-refractivity contribution >= 4 is 5.97 Å². The Hall–Kier alpha value is -0.790. The minimum atomic E-state index is -0.776. The molecule has 0 heterocycles. The summed E-state index contributed by atoms with van der Waals surface area (Å²) in [4.78, 5) is 10.5. The highest BCUT2D eigenvalue weighted by atomic mass is 16.4. The minimum Gasteiger partial charge on any atom is -0.478 e. The standard InChI is InChI=1S/C8H14O2/c1-4-6(3)7(5-2)8(9)10/h4-5H2,1-3H3,(H,9,10)/b7-6-. The minimum absolute atomic E-state index is 0.558. The van der Waals surface area contributed by atoms with E-state index in [1.54, 1.807) is 0 Å². The molecule has 0 unspecified atom stereocenters. The molecule has 0 aromatic carbocycles. The maximum Gasteiger partial charge on any atom is 0.331 e. The summed E-state index contributed by atoms with van der Waals surface area (Å²) < 4.78 is 0. The molecule has 1 N–H and O–H groups in total. The Morgan fingerprint density at radius 1 is 1.30 bits per heavy atom. The topological polar surface area (TPSA) is 37.3 Å². The highest BCUT2D eigenvalue weighted by molar-refractivity contribution is 5.87. The summed E-state index contributed by atoms with van der Waals surface area (Å²) in [6.07, 6.45) is 1.45. The lowest BCUT2D eigenvalue weighted by Gasteiger charge is -2.01. The van der Waals surface area contributed by atoms with Crippen LogP contribution in [-0.2, 0) is 4.79 Å². The van der Waals surface area contributed by atoms with Crippen molar-refractivity contribution in [2.75, 3.05) is 0 Å². The molecule has 0 aliphatic rings. The molecule has 0 aliphatic carbocycles. The van der Waals surface area contributed by atoms with Crippen molar-refractivity contribution in [3.8, 4) is 0 Å². The first-order valence-corrected chi connectivity index (χ1v) is 3.55. The molecule has 2 nitrogen and oxygen atoms in total. The van der Waals surface area contributed by atoms with Gasteiger partial charge in [-0.05, 0) is 19.8 Å². The number of carbonyl (C=O) groups is 1. The molecule has 0 bridgehead atoms. The number of aliphatic carboxylic acids is 1. The zero-order valence-corrected chi connectivity index (χ0v) is 6.77. The number of hydrogen-bond acceptors (Lipinski definition) is 1. The van der Waals surface area contributed by atoms with Crippen molar-refractivity contribution in [3.05, 3.63) is 11.1 Å².